The zero-order chi connectivity index (χ0) is 21.8. The van der Waals surface area contributed by atoms with Crippen molar-refractivity contribution in [2.75, 3.05) is 13.3 Å². The van der Waals surface area contributed by atoms with Crippen LogP contribution in [0.1, 0.15) is 37.0 Å². The third-order valence-electron chi connectivity index (χ3n) is 5.38. The number of thiocarbonyl (C=S) groups is 1. The van der Waals surface area contributed by atoms with Crippen molar-refractivity contribution in [3.05, 3.63) is 69.5 Å². The third kappa shape index (κ3) is 4.82. The molecule has 0 bridgehead atoms. The molecule has 1 aliphatic heterocycles. The molecule has 0 saturated heterocycles. The summed E-state index contributed by atoms with van der Waals surface area (Å²) in [4.78, 5) is 17.8. The van der Waals surface area contributed by atoms with Crippen LogP contribution in [0.25, 0.3) is 10.9 Å². The van der Waals surface area contributed by atoms with Crippen LogP contribution in [0.15, 0.2) is 47.3 Å². The zero-order valence-corrected chi connectivity index (χ0v) is 18.7. The minimum atomic E-state index is -0.0919. The van der Waals surface area contributed by atoms with Crippen molar-refractivity contribution in [1.82, 2.24) is 15.2 Å². The number of aromatic nitrogens is 1. The molecule has 6 nitrogen and oxygen atoms in total. The van der Waals surface area contributed by atoms with Crippen molar-refractivity contribution >= 4 is 28.2 Å². The summed E-state index contributed by atoms with van der Waals surface area (Å²) in [6.45, 7) is 6.20. The molecule has 0 amide bonds. The van der Waals surface area contributed by atoms with Gasteiger partial charge >= 0.3 is 0 Å². The zero-order valence-electron chi connectivity index (χ0n) is 17.9. The molecular formula is C24H27N3O3S. The van der Waals surface area contributed by atoms with Gasteiger partial charge in [-0.2, -0.15) is 0 Å². The minimum Gasteiger partial charge on any atom is -0.454 e. The number of hydrogen-bond donors (Lipinski definition) is 2. The molecule has 0 saturated carbocycles. The lowest BCUT2D eigenvalue weighted by molar-refractivity contribution is 0.174. The molecule has 0 atom stereocenters. The van der Waals surface area contributed by atoms with Crippen LogP contribution in [-0.2, 0) is 19.5 Å². The van der Waals surface area contributed by atoms with E-state index in [1.54, 1.807) is 0 Å². The predicted octanol–water partition coefficient (Wildman–Crippen LogP) is 4.11. The molecule has 2 aromatic carbocycles. The van der Waals surface area contributed by atoms with Crippen molar-refractivity contribution in [3.63, 3.8) is 0 Å². The second-order valence-electron chi connectivity index (χ2n) is 7.67. The Bertz CT molecular complexity index is 1160. The number of benzene rings is 2. The van der Waals surface area contributed by atoms with Crippen molar-refractivity contribution < 1.29 is 9.47 Å². The van der Waals surface area contributed by atoms with Crippen LogP contribution in [0.2, 0.25) is 0 Å². The topological polar surface area (TPSA) is 66.6 Å². The Hall–Kier alpha value is -3.06. The number of nitrogens with one attached hydrogen (secondary N) is 2. The average Bonchev–Trinajstić information content (AvgIpc) is 3.25. The number of hydrogen-bond acceptors (Lipinski definition) is 4. The first-order valence-corrected chi connectivity index (χ1v) is 11.0. The highest BCUT2D eigenvalue weighted by molar-refractivity contribution is 7.80. The summed E-state index contributed by atoms with van der Waals surface area (Å²) >= 11 is 5.66. The van der Waals surface area contributed by atoms with E-state index in [-0.39, 0.29) is 12.4 Å². The van der Waals surface area contributed by atoms with Gasteiger partial charge in [0, 0.05) is 24.2 Å². The standard InChI is InChI=1S/C24H27N3O3S/c1-3-9-25-24(31)27(13-17-6-8-21-22(11-17)30-15-29-21)14-19-12-18-10-16(4-2)5-7-20(18)26-23(19)28/h5-8,10-12H,3-4,9,13-15H2,1-2H3,(H,25,31)(H,26,28). The smallest absolute Gasteiger partial charge is 0.253 e. The third-order valence-corrected chi connectivity index (χ3v) is 5.78. The number of nitrogens with zero attached hydrogens (tertiary/aromatic N) is 1. The lowest BCUT2D eigenvalue weighted by atomic mass is 10.1. The average molecular weight is 438 g/mol. The molecule has 31 heavy (non-hydrogen) atoms. The van der Waals surface area contributed by atoms with Gasteiger partial charge in [-0.1, -0.05) is 26.0 Å². The molecule has 2 heterocycles. The fourth-order valence-electron chi connectivity index (χ4n) is 3.65. The molecule has 4 rings (SSSR count). The van der Waals surface area contributed by atoms with Gasteiger partial charge in [-0.15, -0.1) is 0 Å². The van der Waals surface area contributed by atoms with Gasteiger partial charge < -0.3 is 24.7 Å². The molecule has 0 spiro atoms. The van der Waals surface area contributed by atoms with E-state index in [0.717, 1.165) is 47.4 Å². The fourth-order valence-corrected chi connectivity index (χ4v) is 3.88. The van der Waals surface area contributed by atoms with Gasteiger partial charge in [0.1, 0.15) is 0 Å². The van der Waals surface area contributed by atoms with Gasteiger partial charge in [0.25, 0.3) is 5.56 Å². The van der Waals surface area contributed by atoms with E-state index in [4.69, 9.17) is 21.7 Å². The SMILES string of the molecule is CCCNC(=S)N(Cc1ccc2c(c1)OCO2)Cc1cc2cc(CC)ccc2[nH]c1=O. The Morgan fingerprint density at radius 2 is 1.87 bits per heavy atom. The van der Waals surface area contributed by atoms with Gasteiger partial charge in [-0.05, 0) is 71.9 Å². The number of rotatable bonds is 7. The van der Waals surface area contributed by atoms with Crippen molar-refractivity contribution in [2.24, 2.45) is 0 Å². The van der Waals surface area contributed by atoms with Gasteiger partial charge in [0.2, 0.25) is 6.79 Å². The number of aromatic amines is 1. The second-order valence-corrected chi connectivity index (χ2v) is 8.06. The maximum absolute atomic E-state index is 12.8. The largest absolute Gasteiger partial charge is 0.454 e. The van der Waals surface area contributed by atoms with Crippen LogP contribution < -0.4 is 20.3 Å². The number of aryl methyl sites for hydroxylation is 1. The van der Waals surface area contributed by atoms with Gasteiger partial charge in [-0.25, -0.2) is 0 Å². The molecule has 1 aliphatic rings. The van der Waals surface area contributed by atoms with E-state index in [9.17, 15) is 4.79 Å². The van der Waals surface area contributed by atoms with Crippen LogP contribution in [0.3, 0.4) is 0 Å². The summed E-state index contributed by atoms with van der Waals surface area (Å²) in [5.74, 6) is 1.49. The highest BCUT2D eigenvalue weighted by Crippen LogP contribution is 2.33. The summed E-state index contributed by atoms with van der Waals surface area (Å²) in [6, 6.07) is 14.0. The first-order valence-electron chi connectivity index (χ1n) is 10.6. The molecule has 0 unspecified atom stereocenters. The Kier molecular flexibility index (Phi) is 6.42. The normalized spacial score (nSPS) is 12.2. The Labute approximate surface area is 187 Å². The number of pyridine rings is 1. The van der Waals surface area contributed by atoms with Crippen LogP contribution >= 0.6 is 12.2 Å². The summed E-state index contributed by atoms with van der Waals surface area (Å²) in [5.41, 5.74) is 3.71. The Morgan fingerprint density at radius 1 is 1.06 bits per heavy atom. The summed E-state index contributed by atoms with van der Waals surface area (Å²) in [5, 5.41) is 4.95. The quantitative estimate of drug-likeness (QED) is 0.543. The van der Waals surface area contributed by atoms with Crippen molar-refractivity contribution in [2.45, 2.75) is 39.8 Å². The minimum absolute atomic E-state index is 0.0919. The molecule has 0 fully saturated rings. The highest BCUT2D eigenvalue weighted by Gasteiger charge is 2.17. The number of fused-ring (bicyclic) bond motifs is 2. The lowest BCUT2D eigenvalue weighted by Gasteiger charge is -2.26. The van der Waals surface area contributed by atoms with Crippen molar-refractivity contribution in [1.29, 1.82) is 0 Å². The van der Waals surface area contributed by atoms with Crippen LogP contribution in [-0.4, -0.2) is 28.3 Å². The summed E-state index contributed by atoms with van der Waals surface area (Å²) in [6.07, 6.45) is 1.92. The molecule has 7 heteroatoms. The van der Waals surface area contributed by atoms with Crippen LogP contribution in [0, 0.1) is 0 Å². The van der Waals surface area contributed by atoms with E-state index in [2.05, 4.69) is 30.2 Å². The summed E-state index contributed by atoms with van der Waals surface area (Å²) in [7, 11) is 0. The molecule has 3 aromatic rings. The van der Waals surface area contributed by atoms with Crippen LogP contribution in [0.5, 0.6) is 11.5 Å². The van der Waals surface area contributed by atoms with Gasteiger partial charge in [0.15, 0.2) is 16.6 Å². The Balaban J connectivity index is 1.63. The van der Waals surface area contributed by atoms with E-state index < -0.39 is 0 Å². The monoisotopic (exact) mass is 437 g/mol. The highest BCUT2D eigenvalue weighted by atomic mass is 32.1. The van der Waals surface area contributed by atoms with E-state index in [1.807, 2.05) is 41.3 Å². The van der Waals surface area contributed by atoms with E-state index >= 15 is 0 Å². The fraction of sp³-hybridized carbons (Fsp3) is 0.333. The first kappa shape index (κ1) is 21.2. The second kappa shape index (κ2) is 9.39. The molecule has 162 valence electrons. The van der Waals surface area contributed by atoms with E-state index in [1.165, 1.54) is 5.56 Å². The molecule has 0 aliphatic carbocycles. The van der Waals surface area contributed by atoms with Gasteiger partial charge in [-0.3, -0.25) is 4.79 Å². The first-order chi connectivity index (χ1) is 15.1. The number of ether oxygens (including phenoxy) is 2. The predicted molar refractivity (Wildman–Crippen MR) is 127 cm³/mol. The lowest BCUT2D eigenvalue weighted by Crippen LogP contribution is -2.40. The van der Waals surface area contributed by atoms with Gasteiger partial charge in [0.05, 0.1) is 6.54 Å². The Morgan fingerprint density at radius 3 is 2.68 bits per heavy atom. The van der Waals surface area contributed by atoms with Crippen LogP contribution in [0.4, 0.5) is 0 Å². The summed E-state index contributed by atoms with van der Waals surface area (Å²) < 4.78 is 10.9. The molecule has 1 aromatic heterocycles. The molecule has 0 radical (unpaired) electrons. The molecule has 2 N–H and O–H groups in total. The maximum Gasteiger partial charge on any atom is 0.253 e. The number of H-pyrrole nitrogens is 1. The van der Waals surface area contributed by atoms with E-state index in [0.29, 0.717) is 23.8 Å². The maximum atomic E-state index is 12.8. The molecular weight excluding hydrogens is 410 g/mol. The van der Waals surface area contributed by atoms with Crippen molar-refractivity contribution in [3.8, 4) is 11.5 Å².